The average Bonchev–Trinajstić information content (AvgIpc) is 1.79. The third-order valence-electron chi connectivity index (χ3n) is 0.602. The highest BCUT2D eigenvalue weighted by atomic mass is 31.1. The molecular weight excluding hydrogens is 230 g/mol. The molecule has 0 amide bonds. The first-order chi connectivity index (χ1) is 6.25. The van der Waals surface area contributed by atoms with Crippen LogP contribution in [0.25, 0.3) is 0 Å². The van der Waals surface area contributed by atoms with Gasteiger partial charge >= 0.3 is 16.5 Å². The molecule has 0 saturated carbocycles. The molecule has 0 aromatic heterocycles. The molecule has 0 bridgehead atoms. The molecule has 0 rings (SSSR count). The molecule has 0 saturated heterocycles. The largest absolute Gasteiger partial charge is 0.694 e. The minimum atomic E-state index is -2.39. The highest BCUT2D eigenvalue weighted by Crippen LogP contribution is 2.17. The van der Waals surface area contributed by atoms with E-state index in [0.29, 0.717) is 0 Å². The summed E-state index contributed by atoms with van der Waals surface area (Å²) in [5.41, 5.74) is 0. The van der Waals surface area contributed by atoms with Gasteiger partial charge in [0.2, 0.25) is 0 Å². The van der Waals surface area contributed by atoms with Gasteiger partial charge < -0.3 is 0 Å². The molecule has 0 fully saturated rings. The molecule has 84 valence electrons. The molecule has 0 aliphatic heterocycles. The minimum Gasteiger partial charge on any atom is -0.133 e. The van der Waals surface area contributed by atoms with Crippen LogP contribution in [0.5, 0.6) is 0 Å². The van der Waals surface area contributed by atoms with Crippen LogP contribution in [0, 0.1) is 0 Å². The molecule has 0 heterocycles. The van der Waals surface area contributed by atoms with Gasteiger partial charge in [0.05, 0.1) is 0 Å². The van der Waals surface area contributed by atoms with Crippen LogP contribution in [0.2, 0.25) is 0 Å². The first kappa shape index (κ1) is 16.5. The summed E-state index contributed by atoms with van der Waals surface area (Å²) in [4.78, 5) is 16.0. The lowest BCUT2D eigenvalue weighted by Crippen LogP contribution is -1.92. The van der Waals surface area contributed by atoms with E-state index < -0.39 is 16.5 Å². The maximum absolute atomic E-state index is 9.74. The van der Waals surface area contributed by atoms with Gasteiger partial charge in [-0.2, -0.15) is 0 Å². The van der Waals surface area contributed by atoms with Crippen molar-refractivity contribution in [1.82, 2.24) is 0 Å². The summed E-state index contributed by atoms with van der Waals surface area (Å²) in [6.45, 7) is 6.79. The first-order valence-electron chi connectivity index (χ1n) is 3.91. The van der Waals surface area contributed by atoms with Crippen LogP contribution in [0.4, 0.5) is 0 Å². The van der Waals surface area contributed by atoms with Gasteiger partial charge in [0.1, 0.15) is 12.2 Å². The molecule has 0 aliphatic rings. The Bertz CT molecular complexity index is 161. The van der Waals surface area contributed by atoms with E-state index in [0.717, 1.165) is 0 Å². The fraction of sp³-hybridized carbons (Fsp3) is 1.00. The summed E-state index contributed by atoms with van der Waals surface area (Å²) in [6.07, 6.45) is -0.317. The molecule has 0 aliphatic carbocycles. The molecular formula is C6H16O6P2+2. The van der Waals surface area contributed by atoms with Crippen LogP contribution in [0.15, 0.2) is 0 Å². The lowest BCUT2D eigenvalue weighted by atomic mass is 10.5. The van der Waals surface area contributed by atoms with Crippen LogP contribution in [-0.4, -0.2) is 22.0 Å². The summed E-state index contributed by atoms with van der Waals surface area (Å²) >= 11 is 0. The molecule has 14 heavy (non-hydrogen) atoms. The molecule has 2 unspecified atom stereocenters. The zero-order chi connectivity index (χ0) is 11.7. The van der Waals surface area contributed by atoms with E-state index in [2.05, 4.69) is 9.05 Å². The van der Waals surface area contributed by atoms with Crippen LogP contribution in [-0.2, 0) is 18.2 Å². The molecule has 8 heteroatoms. The van der Waals surface area contributed by atoms with E-state index in [1.54, 1.807) is 27.7 Å². The Morgan fingerprint density at radius 1 is 0.857 bits per heavy atom. The van der Waals surface area contributed by atoms with E-state index in [1.165, 1.54) is 0 Å². The minimum absolute atomic E-state index is 0.159. The first-order valence-corrected chi connectivity index (χ1v) is 6.17. The topological polar surface area (TPSA) is 93.1 Å². The Hall–Kier alpha value is 0.0400. The Kier molecular flexibility index (Phi) is 11.3. The van der Waals surface area contributed by atoms with Crippen LogP contribution in [0.3, 0.4) is 0 Å². The summed E-state index contributed by atoms with van der Waals surface area (Å²) in [5, 5.41) is 0. The quantitative estimate of drug-likeness (QED) is 0.738. The van der Waals surface area contributed by atoms with Gasteiger partial charge in [-0.1, -0.05) is 0 Å². The third kappa shape index (κ3) is 22.7. The summed E-state index contributed by atoms with van der Waals surface area (Å²) in [7, 11) is -4.78. The highest BCUT2D eigenvalue weighted by Gasteiger charge is 2.14. The van der Waals surface area contributed by atoms with Gasteiger partial charge in [-0.25, -0.2) is 0 Å². The zero-order valence-corrected chi connectivity index (χ0v) is 10.4. The fourth-order valence-electron chi connectivity index (χ4n) is 0.361. The van der Waals surface area contributed by atoms with Crippen molar-refractivity contribution in [2.24, 2.45) is 0 Å². The Morgan fingerprint density at radius 3 is 1.07 bits per heavy atom. The lowest BCUT2D eigenvalue weighted by Gasteiger charge is -1.85. The maximum atomic E-state index is 9.74. The molecule has 0 radical (unpaired) electrons. The smallest absolute Gasteiger partial charge is 0.133 e. The fourth-order valence-corrected chi connectivity index (χ4v) is 1.08. The van der Waals surface area contributed by atoms with Crippen molar-refractivity contribution >= 4 is 16.5 Å². The van der Waals surface area contributed by atoms with E-state index in [1.807, 2.05) is 0 Å². The zero-order valence-electron chi connectivity index (χ0n) is 8.58. The van der Waals surface area contributed by atoms with Gasteiger partial charge in [0, 0.05) is 9.13 Å². The molecule has 0 aromatic rings. The van der Waals surface area contributed by atoms with Crippen molar-refractivity contribution in [2.75, 3.05) is 0 Å². The Labute approximate surface area is 85.1 Å². The van der Waals surface area contributed by atoms with Crippen molar-refractivity contribution in [3.8, 4) is 0 Å². The number of rotatable bonds is 4. The molecule has 0 spiro atoms. The van der Waals surface area contributed by atoms with E-state index in [-0.39, 0.29) is 12.2 Å². The SMILES string of the molecule is CC(C)O[P+](=O)O.CC(C)O[P+](=O)O. The number of hydrogen-bond donors (Lipinski definition) is 2. The average molecular weight is 246 g/mol. The van der Waals surface area contributed by atoms with Crippen LogP contribution >= 0.6 is 16.5 Å². The predicted molar refractivity (Wildman–Crippen MR) is 52.1 cm³/mol. The predicted octanol–water partition coefficient (Wildman–Crippen LogP) is 2.12. The molecule has 2 atom stereocenters. The van der Waals surface area contributed by atoms with Crippen molar-refractivity contribution in [3.05, 3.63) is 0 Å². The second kappa shape index (κ2) is 9.59. The van der Waals surface area contributed by atoms with E-state index in [4.69, 9.17) is 9.79 Å². The Morgan fingerprint density at radius 2 is 1.07 bits per heavy atom. The Balaban J connectivity index is 0. The van der Waals surface area contributed by atoms with Gasteiger partial charge in [0.25, 0.3) is 0 Å². The van der Waals surface area contributed by atoms with E-state index >= 15 is 0 Å². The second-order valence-corrected chi connectivity index (χ2v) is 4.16. The monoisotopic (exact) mass is 246 g/mol. The lowest BCUT2D eigenvalue weighted by molar-refractivity contribution is 0.221. The normalized spacial score (nSPS) is 12.3. The van der Waals surface area contributed by atoms with Crippen molar-refractivity contribution < 1.29 is 28.0 Å². The number of hydrogen-bond acceptors (Lipinski definition) is 4. The second-order valence-electron chi connectivity index (χ2n) is 2.78. The molecule has 0 aromatic carbocycles. The van der Waals surface area contributed by atoms with Crippen molar-refractivity contribution in [2.45, 2.75) is 39.9 Å². The summed E-state index contributed by atoms with van der Waals surface area (Å²) in [6, 6.07) is 0. The van der Waals surface area contributed by atoms with Crippen LogP contribution in [0.1, 0.15) is 27.7 Å². The standard InChI is InChI=1S/2C3H7O3P/c2*1-3(2)6-7(4)5/h2*3H,1-2H3/p+2. The van der Waals surface area contributed by atoms with Crippen molar-refractivity contribution in [3.63, 3.8) is 0 Å². The summed E-state index contributed by atoms with van der Waals surface area (Å²) in [5.74, 6) is 0. The van der Waals surface area contributed by atoms with Gasteiger partial charge in [-0.3, -0.25) is 0 Å². The van der Waals surface area contributed by atoms with Gasteiger partial charge in [0.15, 0.2) is 0 Å². The van der Waals surface area contributed by atoms with Crippen LogP contribution < -0.4 is 0 Å². The van der Waals surface area contributed by atoms with E-state index in [9.17, 15) is 9.13 Å². The molecule has 2 N–H and O–H groups in total. The third-order valence-corrected chi connectivity index (χ3v) is 1.81. The van der Waals surface area contributed by atoms with Gasteiger partial charge in [-0.05, 0) is 27.7 Å². The van der Waals surface area contributed by atoms with Crippen molar-refractivity contribution in [1.29, 1.82) is 0 Å². The maximum Gasteiger partial charge on any atom is 0.694 e. The summed E-state index contributed by atoms with van der Waals surface area (Å²) < 4.78 is 28.1. The van der Waals surface area contributed by atoms with Gasteiger partial charge in [-0.15, -0.1) is 18.8 Å². The highest BCUT2D eigenvalue weighted by molar-refractivity contribution is 7.32. The molecule has 6 nitrogen and oxygen atoms in total.